The Morgan fingerprint density at radius 3 is 2.83 bits per heavy atom. The molecule has 3 rings (SSSR count). The highest BCUT2D eigenvalue weighted by molar-refractivity contribution is 5.53. The summed E-state index contributed by atoms with van der Waals surface area (Å²) < 4.78 is 13.5. The average Bonchev–Trinajstić information content (AvgIpc) is 2.85. The first-order valence-electron chi connectivity index (χ1n) is 6.75. The summed E-state index contributed by atoms with van der Waals surface area (Å²) in [6.07, 6.45) is 6.29. The first kappa shape index (κ1) is 11.5. The van der Waals surface area contributed by atoms with E-state index in [1.54, 1.807) is 6.07 Å². The molecule has 1 heterocycles. The molecule has 0 bridgehead atoms. The first-order valence-corrected chi connectivity index (χ1v) is 6.75. The highest BCUT2D eigenvalue weighted by Gasteiger charge is 2.35. The standard InChI is InChI=1S/C15H17FN2/c16-13-7-11(10-17)8-14(9-13)18-6-2-4-12-3-1-5-15(12)18/h7-9,12,15H,1-6H2. The summed E-state index contributed by atoms with van der Waals surface area (Å²) in [6, 6.07) is 7.30. The highest BCUT2D eigenvalue weighted by Crippen LogP contribution is 2.39. The van der Waals surface area contributed by atoms with Crippen molar-refractivity contribution in [3.8, 4) is 6.07 Å². The predicted octanol–water partition coefficient (Wildman–Crippen LogP) is 3.47. The van der Waals surface area contributed by atoms with Gasteiger partial charge in [-0.05, 0) is 49.8 Å². The number of benzene rings is 1. The maximum atomic E-state index is 13.5. The second kappa shape index (κ2) is 4.61. The van der Waals surface area contributed by atoms with Crippen LogP contribution in [0.2, 0.25) is 0 Å². The molecule has 0 spiro atoms. The Morgan fingerprint density at radius 1 is 1.17 bits per heavy atom. The Morgan fingerprint density at radius 2 is 2.00 bits per heavy atom. The van der Waals surface area contributed by atoms with E-state index in [1.165, 1.54) is 38.2 Å². The highest BCUT2D eigenvalue weighted by atomic mass is 19.1. The van der Waals surface area contributed by atoms with E-state index in [0.717, 1.165) is 18.2 Å². The predicted molar refractivity (Wildman–Crippen MR) is 68.8 cm³/mol. The monoisotopic (exact) mass is 244 g/mol. The molecule has 0 N–H and O–H groups in total. The van der Waals surface area contributed by atoms with Crippen molar-refractivity contribution in [2.24, 2.45) is 5.92 Å². The van der Waals surface area contributed by atoms with Crippen LogP contribution in [0.4, 0.5) is 10.1 Å². The molecule has 2 atom stereocenters. The van der Waals surface area contributed by atoms with Gasteiger partial charge in [0.2, 0.25) is 0 Å². The second-order valence-corrected chi connectivity index (χ2v) is 5.40. The van der Waals surface area contributed by atoms with Gasteiger partial charge in [-0.2, -0.15) is 5.26 Å². The van der Waals surface area contributed by atoms with Crippen LogP contribution in [0.5, 0.6) is 0 Å². The number of halogens is 1. The van der Waals surface area contributed by atoms with Crippen LogP contribution in [0.1, 0.15) is 37.7 Å². The molecule has 2 nitrogen and oxygen atoms in total. The lowest BCUT2D eigenvalue weighted by atomic mass is 9.91. The van der Waals surface area contributed by atoms with Crippen LogP contribution < -0.4 is 4.90 Å². The third-order valence-corrected chi connectivity index (χ3v) is 4.34. The molecule has 2 unspecified atom stereocenters. The average molecular weight is 244 g/mol. The van der Waals surface area contributed by atoms with E-state index in [1.807, 2.05) is 12.1 Å². The quantitative estimate of drug-likeness (QED) is 0.756. The van der Waals surface area contributed by atoms with Crippen molar-refractivity contribution in [2.45, 2.75) is 38.1 Å². The Kier molecular flexibility index (Phi) is 2.95. The third-order valence-electron chi connectivity index (χ3n) is 4.34. The van der Waals surface area contributed by atoms with Crippen LogP contribution in [0, 0.1) is 23.1 Å². The van der Waals surface area contributed by atoms with Crippen LogP contribution in [0.15, 0.2) is 18.2 Å². The van der Waals surface area contributed by atoms with E-state index >= 15 is 0 Å². The van der Waals surface area contributed by atoms with Crippen molar-refractivity contribution in [3.63, 3.8) is 0 Å². The van der Waals surface area contributed by atoms with Gasteiger partial charge in [0.1, 0.15) is 5.82 Å². The molecular weight excluding hydrogens is 227 g/mol. The number of fused-ring (bicyclic) bond motifs is 1. The van der Waals surface area contributed by atoms with Crippen LogP contribution >= 0.6 is 0 Å². The SMILES string of the molecule is N#Cc1cc(F)cc(N2CCCC3CCCC32)c1. The Hall–Kier alpha value is -1.56. The number of piperidine rings is 1. The fourth-order valence-corrected chi connectivity index (χ4v) is 3.58. The van der Waals surface area contributed by atoms with Crippen LogP contribution in [0.3, 0.4) is 0 Å². The third kappa shape index (κ3) is 1.96. The van der Waals surface area contributed by atoms with Gasteiger partial charge in [0.15, 0.2) is 0 Å². The number of rotatable bonds is 1. The maximum absolute atomic E-state index is 13.5. The molecule has 1 aliphatic carbocycles. The van der Waals surface area contributed by atoms with Crippen LogP contribution in [-0.4, -0.2) is 12.6 Å². The van der Waals surface area contributed by atoms with Gasteiger partial charge in [-0.1, -0.05) is 6.42 Å². The first-order chi connectivity index (χ1) is 8.78. The maximum Gasteiger partial charge on any atom is 0.126 e. The van der Waals surface area contributed by atoms with Gasteiger partial charge < -0.3 is 4.90 Å². The number of anilines is 1. The Bertz CT molecular complexity index is 492. The molecule has 1 aromatic rings. The largest absolute Gasteiger partial charge is 0.368 e. The summed E-state index contributed by atoms with van der Waals surface area (Å²) in [6.45, 7) is 0.996. The van der Waals surface area contributed by atoms with Gasteiger partial charge in [-0.3, -0.25) is 0 Å². The normalized spacial score (nSPS) is 26.8. The summed E-state index contributed by atoms with van der Waals surface area (Å²) in [5.74, 6) is 0.469. The summed E-state index contributed by atoms with van der Waals surface area (Å²) in [7, 11) is 0. The minimum absolute atomic E-state index is 0.302. The molecule has 18 heavy (non-hydrogen) atoms. The second-order valence-electron chi connectivity index (χ2n) is 5.40. The molecule has 0 amide bonds. The van der Waals surface area contributed by atoms with Gasteiger partial charge >= 0.3 is 0 Å². The fraction of sp³-hybridized carbons (Fsp3) is 0.533. The van der Waals surface area contributed by atoms with E-state index in [2.05, 4.69) is 4.90 Å². The van der Waals surface area contributed by atoms with Crippen LogP contribution in [0.25, 0.3) is 0 Å². The van der Waals surface area contributed by atoms with Crippen molar-refractivity contribution >= 4 is 5.69 Å². The number of nitrogens with zero attached hydrogens (tertiary/aromatic N) is 2. The number of hydrogen-bond donors (Lipinski definition) is 0. The zero-order valence-electron chi connectivity index (χ0n) is 10.4. The van der Waals surface area contributed by atoms with Crippen LogP contribution in [-0.2, 0) is 0 Å². The molecule has 0 aromatic heterocycles. The zero-order valence-corrected chi connectivity index (χ0v) is 10.4. The van der Waals surface area contributed by atoms with Crippen molar-refractivity contribution in [2.75, 3.05) is 11.4 Å². The van der Waals surface area contributed by atoms with Crippen molar-refractivity contribution < 1.29 is 4.39 Å². The molecule has 0 radical (unpaired) electrons. The molecule has 3 heteroatoms. The number of hydrogen-bond acceptors (Lipinski definition) is 2. The number of nitriles is 1. The van der Waals surface area contributed by atoms with E-state index in [-0.39, 0.29) is 5.82 Å². The van der Waals surface area contributed by atoms with Crippen molar-refractivity contribution in [3.05, 3.63) is 29.6 Å². The Balaban J connectivity index is 1.94. The Labute approximate surface area is 107 Å². The molecular formula is C15H17FN2. The summed E-state index contributed by atoms with van der Waals surface area (Å²) >= 11 is 0. The lowest BCUT2D eigenvalue weighted by Gasteiger charge is -2.39. The molecule has 1 saturated carbocycles. The van der Waals surface area contributed by atoms with Gasteiger partial charge in [0, 0.05) is 18.3 Å². The molecule has 2 fully saturated rings. The van der Waals surface area contributed by atoms with Gasteiger partial charge in [-0.25, -0.2) is 4.39 Å². The van der Waals surface area contributed by atoms with E-state index < -0.39 is 0 Å². The lowest BCUT2D eigenvalue weighted by molar-refractivity contribution is 0.362. The zero-order chi connectivity index (χ0) is 12.5. The van der Waals surface area contributed by atoms with Crippen molar-refractivity contribution in [1.82, 2.24) is 0 Å². The fourth-order valence-electron chi connectivity index (χ4n) is 3.58. The topological polar surface area (TPSA) is 27.0 Å². The minimum atomic E-state index is -0.302. The molecule has 2 aliphatic rings. The van der Waals surface area contributed by atoms with Gasteiger partial charge in [-0.15, -0.1) is 0 Å². The molecule has 1 aliphatic heterocycles. The van der Waals surface area contributed by atoms with E-state index in [9.17, 15) is 4.39 Å². The van der Waals surface area contributed by atoms with E-state index in [0.29, 0.717) is 11.6 Å². The summed E-state index contributed by atoms with van der Waals surface area (Å²) in [5, 5.41) is 8.94. The summed E-state index contributed by atoms with van der Waals surface area (Å²) in [4.78, 5) is 2.32. The summed E-state index contributed by atoms with van der Waals surface area (Å²) in [5.41, 5.74) is 1.31. The molecule has 1 aromatic carbocycles. The van der Waals surface area contributed by atoms with Gasteiger partial charge in [0.25, 0.3) is 0 Å². The lowest BCUT2D eigenvalue weighted by Crippen LogP contribution is -2.42. The molecule has 94 valence electrons. The van der Waals surface area contributed by atoms with Crippen molar-refractivity contribution in [1.29, 1.82) is 5.26 Å². The van der Waals surface area contributed by atoms with Gasteiger partial charge in [0.05, 0.1) is 11.6 Å². The molecule has 1 saturated heterocycles. The van der Waals surface area contributed by atoms with E-state index in [4.69, 9.17) is 5.26 Å². The smallest absolute Gasteiger partial charge is 0.126 e. The minimum Gasteiger partial charge on any atom is -0.368 e.